The highest BCUT2D eigenvalue weighted by Gasteiger charge is 2.19. The number of ether oxygens (including phenoxy) is 1. The maximum atomic E-state index is 11.4. The van der Waals surface area contributed by atoms with Crippen molar-refractivity contribution in [3.05, 3.63) is 23.9 Å². The second-order valence-corrected chi connectivity index (χ2v) is 4.83. The molecule has 1 unspecified atom stereocenters. The third-order valence-electron chi connectivity index (χ3n) is 2.06. The van der Waals surface area contributed by atoms with E-state index < -0.39 is 23.6 Å². The van der Waals surface area contributed by atoms with Crippen molar-refractivity contribution in [2.45, 2.75) is 32.8 Å². The molecule has 0 spiro atoms. The Hall–Kier alpha value is -1.78. The fourth-order valence-corrected chi connectivity index (χ4v) is 1.32. The highest BCUT2D eigenvalue weighted by molar-refractivity contribution is 5.74. The molecule has 0 saturated carbocycles. The van der Waals surface area contributed by atoms with Gasteiger partial charge in [-0.25, -0.2) is 4.79 Å². The lowest BCUT2D eigenvalue weighted by atomic mass is 10.00. The number of nitrogens with one attached hydrogen (secondary N) is 1. The number of alkyl carbamates (subject to hydrolysis) is 1. The molecule has 94 valence electrons. The molecule has 0 aromatic heterocycles. The summed E-state index contributed by atoms with van der Waals surface area (Å²) in [4.78, 5) is 22.1. The topological polar surface area (TPSA) is 75.6 Å². The predicted molar refractivity (Wildman–Crippen MR) is 62.3 cm³/mol. The minimum Gasteiger partial charge on any atom is -0.481 e. The molecular weight excluding hydrogens is 222 g/mol. The van der Waals surface area contributed by atoms with E-state index in [1.165, 1.54) is 0 Å². The Morgan fingerprint density at radius 3 is 2.53 bits per heavy atom. The lowest BCUT2D eigenvalue weighted by Gasteiger charge is -2.20. The number of carboxylic acids is 1. The summed E-state index contributed by atoms with van der Waals surface area (Å²) in [5.41, 5.74) is 0.0175. The van der Waals surface area contributed by atoms with Gasteiger partial charge in [-0.3, -0.25) is 10.1 Å². The lowest BCUT2D eigenvalue weighted by molar-refractivity contribution is -0.139. The van der Waals surface area contributed by atoms with E-state index >= 15 is 0 Å². The largest absolute Gasteiger partial charge is 0.481 e. The van der Waals surface area contributed by atoms with Crippen LogP contribution in [0.2, 0.25) is 0 Å². The van der Waals surface area contributed by atoms with Gasteiger partial charge in [-0.15, -0.1) is 0 Å². The minimum absolute atomic E-state index is 0.372. The van der Waals surface area contributed by atoms with E-state index in [9.17, 15) is 9.59 Å². The Labute approximate surface area is 100 Å². The van der Waals surface area contributed by atoms with Crippen molar-refractivity contribution in [3.63, 3.8) is 0 Å². The van der Waals surface area contributed by atoms with Gasteiger partial charge in [-0.1, -0.05) is 12.2 Å². The van der Waals surface area contributed by atoms with Crippen molar-refractivity contribution in [1.29, 1.82) is 0 Å². The first-order chi connectivity index (χ1) is 7.78. The molecule has 17 heavy (non-hydrogen) atoms. The van der Waals surface area contributed by atoms with E-state index in [-0.39, 0.29) is 0 Å². The van der Waals surface area contributed by atoms with Crippen molar-refractivity contribution in [1.82, 2.24) is 5.32 Å². The Bertz CT molecular complexity index is 376. The molecule has 1 amide bonds. The average Bonchev–Trinajstić information content (AvgIpc) is 2.15. The molecule has 0 radical (unpaired) electrons. The zero-order valence-electron chi connectivity index (χ0n) is 10.2. The lowest BCUT2D eigenvalue weighted by Crippen LogP contribution is -2.32. The van der Waals surface area contributed by atoms with E-state index in [1.54, 1.807) is 39.0 Å². The van der Waals surface area contributed by atoms with E-state index in [4.69, 9.17) is 9.84 Å². The molecular formula is C12H17NO4. The molecule has 0 aromatic rings. The van der Waals surface area contributed by atoms with E-state index in [2.05, 4.69) is 5.32 Å². The second kappa shape index (κ2) is 5.03. The van der Waals surface area contributed by atoms with Crippen molar-refractivity contribution in [2.24, 2.45) is 5.92 Å². The molecule has 0 aromatic carbocycles. The Kier molecular flexibility index (Phi) is 3.93. The summed E-state index contributed by atoms with van der Waals surface area (Å²) in [7, 11) is 0. The molecule has 5 nitrogen and oxygen atoms in total. The third-order valence-corrected chi connectivity index (χ3v) is 2.06. The monoisotopic (exact) mass is 239 g/mol. The van der Waals surface area contributed by atoms with Gasteiger partial charge in [0.2, 0.25) is 0 Å². The number of carbonyl (C=O) groups is 2. The van der Waals surface area contributed by atoms with E-state index in [0.29, 0.717) is 12.1 Å². The van der Waals surface area contributed by atoms with Gasteiger partial charge in [0.05, 0.1) is 5.92 Å². The average molecular weight is 239 g/mol. The Morgan fingerprint density at radius 2 is 2.12 bits per heavy atom. The first kappa shape index (κ1) is 13.3. The zero-order valence-corrected chi connectivity index (χ0v) is 10.2. The third kappa shape index (κ3) is 4.72. The summed E-state index contributed by atoms with van der Waals surface area (Å²) in [6, 6.07) is 0. The maximum Gasteiger partial charge on any atom is 0.412 e. The van der Waals surface area contributed by atoms with E-state index in [1.807, 2.05) is 0 Å². The van der Waals surface area contributed by atoms with Gasteiger partial charge in [-0.05, 0) is 33.3 Å². The van der Waals surface area contributed by atoms with Crippen LogP contribution in [-0.4, -0.2) is 22.8 Å². The number of allylic oxidation sites excluding steroid dienone is 2. The van der Waals surface area contributed by atoms with Crippen molar-refractivity contribution in [2.75, 3.05) is 0 Å². The summed E-state index contributed by atoms with van der Waals surface area (Å²) in [5.74, 6) is -1.38. The zero-order chi connectivity index (χ0) is 13.1. The first-order valence-electron chi connectivity index (χ1n) is 5.39. The molecule has 1 aliphatic carbocycles. The van der Waals surface area contributed by atoms with Gasteiger partial charge in [0, 0.05) is 5.70 Å². The molecule has 2 N–H and O–H groups in total. The van der Waals surface area contributed by atoms with Gasteiger partial charge in [0.25, 0.3) is 0 Å². The second-order valence-electron chi connectivity index (χ2n) is 4.83. The summed E-state index contributed by atoms with van der Waals surface area (Å²) >= 11 is 0. The van der Waals surface area contributed by atoms with Crippen molar-refractivity contribution < 1.29 is 19.4 Å². The number of carbonyl (C=O) groups excluding carboxylic acids is 1. The van der Waals surface area contributed by atoms with Crippen molar-refractivity contribution >= 4 is 12.1 Å². The van der Waals surface area contributed by atoms with Crippen LogP contribution < -0.4 is 5.32 Å². The predicted octanol–water partition coefficient (Wildman–Crippen LogP) is 2.06. The number of aliphatic carboxylic acids is 1. The van der Waals surface area contributed by atoms with Gasteiger partial charge < -0.3 is 9.84 Å². The van der Waals surface area contributed by atoms with Crippen LogP contribution in [0, 0.1) is 5.92 Å². The van der Waals surface area contributed by atoms with Crippen LogP contribution in [0.1, 0.15) is 27.2 Å². The first-order valence-corrected chi connectivity index (χ1v) is 5.39. The standard InChI is InChI=1S/C12H17NO4/c1-12(2,3)17-11(16)13-9-6-4-8(5-7-9)10(14)15/h4,6-8H,5H2,1-3H3,(H,13,16)(H,14,15). The summed E-state index contributed by atoms with van der Waals surface area (Å²) < 4.78 is 5.07. The summed E-state index contributed by atoms with van der Waals surface area (Å²) in [6.07, 6.45) is 4.63. The van der Waals surface area contributed by atoms with Crippen LogP contribution in [0.5, 0.6) is 0 Å². The minimum atomic E-state index is -0.867. The summed E-state index contributed by atoms with van der Waals surface area (Å²) in [5, 5.41) is 11.3. The maximum absolute atomic E-state index is 11.4. The number of carboxylic acid groups (broad SMARTS) is 1. The molecule has 1 rings (SSSR count). The summed E-state index contributed by atoms with van der Waals surface area (Å²) in [6.45, 7) is 5.33. The smallest absolute Gasteiger partial charge is 0.412 e. The number of hydrogen-bond donors (Lipinski definition) is 2. The molecule has 5 heteroatoms. The molecule has 0 fully saturated rings. The van der Waals surface area contributed by atoms with Crippen LogP contribution in [0.15, 0.2) is 23.9 Å². The molecule has 0 heterocycles. The van der Waals surface area contributed by atoms with Crippen LogP contribution in [0.4, 0.5) is 4.79 Å². The highest BCUT2D eigenvalue weighted by atomic mass is 16.6. The van der Waals surface area contributed by atoms with Crippen molar-refractivity contribution in [3.8, 4) is 0 Å². The number of rotatable bonds is 2. The quantitative estimate of drug-likeness (QED) is 0.773. The molecule has 1 aliphatic rings. The van der Waals surface area contributed by atoms with Crippen LogP contribution in [0.25, 0.3) is 0 Å². The van der Waals surface area contributed by atoms with Crippen LogP contribution >= 0.6 is 0 Å². The fourth-order valence-electron chi connectivity index (χ4n) is 1.32. The highest BCUT2D eigenvalue weighted by Crippen LogP contribution is 2.15. The SMILES string of the molecule is CC(C)(C)OC(=O)NC1=CCC(C(=O)O)C=C1. The van der Waals surface area contributed by atoms with Gasteiger partial charge >= 0.3 is 12.1 Å². The molecule has 0 aliphatic heterocycles. The fraction of sp³-hybridized carbons (Fsp3) is 0.500. The number of hydrogen-bond acceptors (Lipinski definition) is 3. The van der Waals surface area contributed by atoms with Crippen LogP contribution in [0.3, 0.4) is 0 Å². The number of amides is 1. The van der Waals surface area contributed by atoms with Crippen LogP contribution in [-0.2, 0) is 9.53 Å². The molecule has 0 bridgehead atoms. The normalized spacial score (nSPS) is 19.5. The van der Waals surface area contributed by atoms with E-state index in [0.717, 1.165) is 0 Å². The Balaban J connectivity index is 2.48. The Morgan fingerprint density at radius 1 is 1.47 bits per heavy atom. The molecule has 0 saturated heterocycles. The van der Waals surface area contributed by atoms with Gasteiger partial charge in [0.1, 0.15) is 5.60 Å². The van der Waals surface area contributed by atoms with Gasteiger partial charge in [0.15, 0.2) is 0 Å². The van der Waals surface area contributed by atoms with Gasteiger partial charge in [-0.2, -0.15) is 0 Å². The molecule has 1 atom stereocenters.